The number of aliphatic hydroxyl groups is 1. The van der Waals surface area contributed by atoms with E-state index in [1.54, 1.807) is 19.1 Å². The van der Waals surface area contributed by atoms with Gasteiger partial charge in [-0.2, -0.15) is 0 Å². The number of nitrogens with two attached hydrogens (primary N) is 1. The van der Waals surface area contributed by atoms with Crippen molar-refractivity contribution in [2.45, 2.75) is 19.1 Å². The van der Waals surface area contributed by atoms with Crippen LogP contribution in [0.1, 0.15) is 18.6 Å². The molecule has 2 atom stereocenters. The Morgan fingerprint density at radius 1 is 1.47 bits per heavy atom. The number of phenols is 1. The van der Waals surface area contributed by atoms with Crippen LogP contribution in [0.15, 0.2) is 16.6 Å². The number of phenolic OH excluding ortho intramolecular Hbond substituents is 1. The third-order valence-electron chi connectivity index (χ3n) is 2.11. The Bertz CT molecular complexity index is 355. The summed E-state index contributed by atoms with van der Waals surface area (Å²) in [4.78, 5) is 0. The van der Waals surface area contributed by atoms with E-state index in [2.05, 4.69) is 15.9 Å². The molecule has 0 saturated carbocycles. The van der Waals surface area contributed by atoms with Crippen LogP contribution in [0.5, 0.6) is 11.5 Å². The van der Waals surface area contributed by atoms with Crippen LogP contribution in [0.2, 0.25) is 0 Å². The molecule has 5 heteroatoms. The van der Waals surface area contributed by atoms with E-state index >= 15 is 0 Å². The minimum Gasteiger partial charge on any atom is -0.503 e. The van der Waals surface area contributed by atoms with Crippen LogP contribution in [0.25, 0.3) is 0 Å². The van der Waals surface area contributed by atoms with Crippen LogP contribution >= 0.6 is 15.9 Å². The Kier molecular flexibility index (Phi) is 3.96. The first-order valence-electron chi connectivity index (χ1n) is 4.47. The monoisotopic (exact) mass is 275 g/mol. The third-order valence-corrected chi connectivity index (χ3v) is 2.71. The van der Waals surface area contributed by atoms with E-state index in [-0.39, 0.29) is 11.8 Å². The lowest BCUT2D eigenvalue weighted by Gasteiger charge is -2.16. The lowest BCUT2D eigenvalue weighted by Crippen LogP contribution is -2.24. The van der Waals surface area contributed by atoms with Gasteiger partial charge >= 0.3 is 0 Å². The summed E-state index contributed by atoms with van der Waals surface area (Å²) in [7, 11) is 1.45. The normalized spacial score (nSPS) is 14.7. The first kappa shape index (κ1) is 12.3. The van der Waals surface area contributed by atoms with Gasteiger partial charge in [-0.05, 0) is 40.5 Å². The fourth-order valence-electron chi connectivity index (χ4n) is 1.22. The lowest BCUT2D eigenvalue weighted by molar-refractivity contribution is 0.153. The molecule has 4 N–H and O–H groups in total. The van der Waals surface area contributed by atoms with Crippen LogP contribution in [0.3, 0.4) is 0 Å². The average Bonchev–Trinajstić information content (AvgIpc) is 2.20. The Morgan fingerprint density at radius 3 is 2.53 bits per heavy atom. The molecule has 0 heterocycles. The smallest absolute Gasteiger partial charge is 0.172 e. The van der Waals surface area contributed by atoms with Gasteiger partial charge in [-0.1, -0.05) is 0 Å². The van der Waals surface area contributed by atoms with Gasteiger partial charge in [0.15, 0.2) is 11.5 Å². The molecule has 0 aliphatic rings. The molecule has 0 aromatic heterocycles. The number of aliphatic hydroxyl groups excluding tert-OH is 1. The molecule has 1 aromatic carbocycles. The van der Waals surface area contributed by atoms with Gasteiger partial charge in [0, 0.05) is 6.04 Å². The van der Waals surface area contributed by atoms with Crippen molar-refractivity contribution in [1.29, 1.82) is 0 Å². The van der Waals surface area contributed by atoms with Gasteiger partial charge in [-0.3, -0.25) is 0 Å². The Hall–Kier alpha value is -0.780. The van der Waals surface area contributed by atoms with E-state index in [4.69, 9.17) is 10.5 Å². The number of hydrogen-bond donors (Lipinski definition) is 3. The predicted octanol–water partition coefficient (Wildman–Crippen LogP) is 1.54. The van der Waals surface area contributed by atoms with Crippen molar-refractivity contribution in [3.63, 3.8) is 0 Å². The summed E-state index contributed by atoms with van der Waals surface area (Å²) >= 11 is 3.17. The van der Waals surface area contributed by atoms with E-state index in [1.165, 1.54) is 7.11 Å². The molecular weight excluding hydrogens is 262 g/mol. The predicted molar refractivity (Wildman–Crippen MR) is 61.0 cm³/mol. The fraction of sp³-hybridized carbons (Fsp3) is 0.400. The number of aromatic hydroxyl groups is 1. The second kappa shape index (κ2) is 4.83. The summed E-state index contributed by atoms with van der Waals surface area (Å²) in [5, 5.41) is 19.3. The van der Waals surface area contributed by atoms with Crippen LogP contribution in [-0.4, -0.2) is 23.4 Å². The van der Waals surface area contributed by atoms with Gasteiger partial charge in [0.25, 0.3) is 0 Å². The molecule has 1 aromatic rings. The van der Waals surface area contributed by atoms with Crippen LogP contribution < -0.4 is 10.5 Å². The number of hydrogen-bond acceptors (Lipinski definition) is 4. The zero-order valence-electron chi connectivity index (χ0n) is 8.57. The van der Waals surface area contributed by atoms with Crippen molar-refractivity contribution >= 4 is 15.9 Å². The van der Waals surface area contributed by atoms with Gasteiger partial charge in [0.05, 0.1) is 17.7 Å². The molecule has 0 radical (unpaired) electrons. The highest BCUT2D eigenvalue weighted by Gasteiger charge is 2.16. The summed E-state index contributed by atoms with van der Waals surface area (Å²) in [6, 6.07) is 2.80. The number of ether oxygens (including phenoxy) is 1. The molecule has 84 valence electrons. The van der Waals surface area contributed by atoms with Crippen molar-refractivity contribution in [2.75, 3.05) is 7.11 Å². The molecule has 0 amide bonds. The van der Waals surface area contributed by atoms with E-state index in [0.29, 0.717) is 15.8 Å². The number of rotatable bonds is 3. The van der Waals surface area contributed by atoms with Crippen molar-refractivity contribution in [3.05, 3.63) is 22.2 Å². The highest BCUT2D eigenvalue weighted by atomic mass is 79.9. The topological polar surface area (TPSA) is 75.7 Å². The second-order valence-electron chi connectivity index (χ2n) is 3.36. The minimum atomic E-state index is -0.782. The number of methoxy groups -OCH3 is 1. The van der Waals surface area contributed by atoms with Crippen molar-refractivity contribution in [2.24, 2.45) is 5.73 Å². The highest BCUT2D eigenvalue weighted by molar-refractivity contribution is 9.10. The standard InChI is InChI=1S/C10H14BrNO3/c1-5(12)9(13)6-3-7(11)10(14)8(4-6)15-2/h3-5,9,13-14H,12H2,1-2H3. The summed E-state index contributed by atoms with van der Waals surface area (Å²) in [6.45, 7) is 1.71. The maximum atomic E-state index is 9.75. The van der Waals surface area contributed by atoms with E-state index < -0.39 is 6.10 Å². The Morgan fingerprint density at radius 2 is 2.07 bits per heavy atom. The zero-order valence-corrected chi connectivity index (χ0v) is 10.2. The number of benzene rings is 1. The molecule has 0 aliphatic heterocycles. The molecule has 1 rings (SSSR count). The third kappa shape index (κ3) is 2.62. The molecule has 0 fully saturated rings. The van der Waals surface area contributed by atoms with Gasteiger partial charge in [-0.25, -0.2) is 0 Å². The minimum absolute atomic E-state index is 0.0122. The van der Waals surface area contributed by atoms with Crippen LogP contribution in [0.4, 0.5) is 0 Å². The first-order valence-corrected chi connectivity index (χ1v) is 5.26. The summed E-state index contributed by atoms with van der Waals surface area (Å²) in [6.07, 6.45) is -0.782. The molecule has 15 heavy (non-hydrogen) atoms. The Balaban J connectivity index is 3.16. The molecule has 2 unspecified atom stereocenters. The molecule has 0 spiro atoms. The SMILES string of the molecule is COc1cc(C(O)C(C)N)cc(Br)c1O. The summed E-state index contributed by atoms with van der Waals surface area (Å²) in [5.41, 5.74) is 6.18. The Labute approximate surface area is 96.8 Å². The summed E-state index contributed by atoms with van der Waals surface area (Å²) < 4.78 is 5.43. The molecule has 4 nitrogen and oxygen atoms in total. The van der Waals surface area contributed by atoms with Gasteiger partial charge in [-0.15, -0.1) is 0 Å². The molecule has 0 aliphatic carbocycles. The van der Waals surface area contributed by atoms with Gasteiger partial charge < -0.3 is 20.7 Å². The van der Waals surface area contributed by atoms with E-state index in [9.17, 15) is 10.2 Å². The molecule has 0 bridgehead atoms. The number of halogens is 1. The van der Waals surface area contributed by atoms with E-state index in [1.807, 2.05) is 0 Å². The van der Waals surface area contributed by atoms with Crippen LogP contribution in [-0.2, 0) is 0 Å². The van der Waals surface area contributed by atoms with Crippen molar-refractivity contribution < 1.29 is 14.9 Å². The first-order chi connectivity index (χ1) is 6.97. The van der Waals surface area contributed by atoms with Crippen LogP contribution in [0, 0.1) is 0 Å². The van der Waals surface area contributed by atoms with E-state index in [0.717, 1.165) is 0 Å². The lowest BCUT2D eigenvalue weighted by atomic mass is 10.0. The maximum absolute atomic E-state index is 9.75. The van der Waals surface area contributed by atoms with Gasteiger partial charge in [0.1, 0.15) is 0 Å². The van der Waals surface area contributed by atoms with Gasteiger partial charge in [0.2, 0.25) is 0 Å². The quantitative estimate of drug-likeness (QED) is 0.782. The molecular formula is C10H14BrNO3. The maximum Gasteiger partial charge on any atom is 0.172 e. The summed E-state index contributed by atoms with van der Waals surface area (Å²) in [5.74, 6) is 0.317. The largest absolute Gasteiger partial charge is 0.503 e. The molecule has 0 saturated heterocycles. The zero-order chi connectivity index (χ0) is 11.6. The van der Waals surface area contributed by atoms with Crippen molar-refractivity contribution in [1.82, 2.24) is 0 Å². The highest BCUT2D eigenvalue weighted by Crippen LogP contribution is 2.37. The second-order valence-corrected chi connectivity index (χ2v) is 4.21. The fourth-order valence-corrected chi connectivity index (χ4v) is 1.68. The average molecular weight is 276 g/mol. The van der Waals surface area contributed by atoms with Crippen molar-refractivity contribution in [3.8, 4) is 11.5 Å².